The van der Waals surface area contributed by atoms with E-state index in [9.17, 15) is 0 Å². The van der Waals surface area contributed by atoms with Gasteiger partial charge in [-0.25, -0.2) is 0 Å². The van der Waals surface area contributed by atoms with E-state index >= 15 is 0 Å². The van der Waals surface area contributed by atoms with Crippen molar-refractivity contribution < 1.29 is 5.21 Å². The van der Waals surface area contributed by atoms with E-state index in [1.54, 1.807) is 6.20 Å². The highest BCUT2D eigenvalue weighted by atomic mass is 16.4. The smallest absolute Gasteiger partial charge is 0.190 e. The molecule has 0 saturated carbocycles. The van der Waals surface area contributed by atoms with E-state index in [4.69, 9.17) is 10.9 Å². The Morgan fingerprint density at radius 3 is 3.06 bits per heavy atom. The second kappa shape index (κ2) is 5.25. The molecular weight excluding hydrogens is 228 g/mol. The van der Waals surface area contributed by atoms with Crippen molar-refractivity contribution in [3.05, 3.63) is 24.0 Å². The third-order valence-corrected chi connectivity index (χ3v) is 3.51. The van der Waals surface area contributed by atoms with E-state index in [0.717, 1.165) is 12.2 Å². The number of nitrogens with zero attached hydrogens (tertiary/aromatic N) is 3. The minimum atomic E-state index is 0.0695. The Hall–Kier alpha value is -1.78. The van der Waals surface area contributed by atoms with Crippen LogP contribution in [-0.4, -0.2) is 28.6 Å². The van der Waals surface area contributed by atoms with Crippen LogP contribution in [0.5, 0.6) is 0 Å². The second-order valence-electron chi connectivity index (χ2n) is 5.00. The van der Waals surface area contributed by atoms with Crippen molar-refractivity contribution in [3.8, 4) is 0 Å². The maximum Gasteiger partial charge on any atom is 0.190 e. The van der Waals surface area contributed by atoms with Crippen LogP contribution in [0.4, 0.5) is 5.69 Å². The number of hydrogen-bond acceptors (Lipinski definition) is 4. The number of anilines is 1. The summed E-state index contributed by atoms with van der Waals surface area (Å²) in [5, 5.41) is 11.9. The predicted octanol–water partition coefficient (Wildman–Crippen LogP) is 1.80. The van der Waals surface area contributed by atoms with Gasteiger partial charge in [-0.1, -0.05) is 19.0 Å². The molecule has 1 atom stereocenters. The molecule has 18 heavy (non-hydrogen) atoms. The second-order valence-corrected chi connectivity index (χ2v) is 5.00. The fourth-order valence-corrected chi connectivity index (χ4v) is 2.66. The molecule has 0 aromatic carbocycles. The van der Waals surface area contributed by atoms with Gasteiger partial charge in [-0.15, -0.1) is 0 Å². The first-order valence-electron chi connectivity index (χ1n) is 6.34. The molecule has 1 aromatic rings. The SMILES string of the molecule is CC(C)C1CCCN1c1cccnc1/C(N)=N/O. The molecule has 0 radical (unpaired) electrons. The minimum Gasteiger partial charge on any atom is -0.409 e. The van der Waals surface area contributed by atoms with Gasteiger partial charge in [-0.05, 0) is 30.9 Å². The van der Waals surface area contributed by atoms with Gasteiger partial charge in [0.2, 0.25) is 0 Å². The molecule has 1 fully saturated rings. The Morgan fingerprint density at radius 2 is 2.39 bits per heavy atom. The highest BCUT2D eigenvalue weighted by Gasteiger charge is 2.29. The standard InChI is InChI=1S/C13H20N4O/c1-9(2)10-6-4-8-17(10)11-5-3-7-15-12(11)13(14)16-18/h3,5,7,9-10,18H,4,6,8H2,1-2H3,(H2,14,16). The van der Waals surface area contributed by atoms with Crippen molar-refractivity contribution in [2.45, 2.75) is 32.7 Å². The van der Waals surface area contributed by atoms with Crippen LogP contribution in [0.3, 0.4) is 0 Å². The zero-order valence-corrected chi connectivity index (χ0v) is 10.9. The number of aromatic nitrogens is 1. The lowest BCUT2D eigenvalue weighted by Crippen LogP contribution is -2.35. The molecular formula is C13H20N4O. The molecule has 2 heterocycles. The first kappa shape index (κ1) is 12.7. The summed E-state index contributed by atoms with van der Waals surface area (Å²) in [6.45, 7) is 5.45. The summed E-state index contributed by atoms with van der Waals surface area (Å²) in [5.41, 5.74) is 7.22. The summed E-state index contributed by atoms with van der Waals surface area (Å²) >= 11 is 0. The van der Waals surface area contributed by atoms with Crippen LogP contribution >= 0.6 is 0 Å². The largest absolute Gasteiger partial charge is 0.409 e. The fourth-order valence-electron chi connectivity index (χ4n) is 2.66. The molecule has 98 valence electrons. The quantitative estimate of drug-likeness (QED) is 0.370. The van der Waals surface area contributed by atoms with Crippen molar-refractivity contribution in [2.24, 2.45) is 16.8 Å². The monoisotopic (exact) mass is 248 g/mol. The molecule has 5 nitrogen and oxygen atoms in total. The van der Waals surface area contributed by atoms with Gasteiger partial charge in [0, 0.05) is 18.8 Å². The van der Waals surface area contributed by atoms with Gasteiger partial charge in [0.05, 0.1) is 5.69 Å². The first-order chi connectivity index (χ1) is 8.65. The molecule has 5 heteroatoms. The lowest BCUT2D eigenvalue weighted by molar-refractivity contribution is 0.318. The van der Waals surface area contributed by atoms with Gasteiger partial charge in [0.25, 0.3) is 0 Å². The summed E-state index contributed by atoms with van der Waals surface area (Å²) in [7, 11) is 0. The van der Waals surface area contributed by atoms with Crippen LogP contribution in [0.25, 0.3) is 0 Å². The van der Waals surface area contributed by atoms with E-state index in [2.05, 4.69) is 28.9 Å². The fraction of sp³-hybridized carbons (Fsp3) is 0.538. The number of nitrogens with two attached hydrogens (primary N) is 1. The molecule has 0 bridgehead atoms. The molecule has 0 amide bonds. The number of rotatable bonds is 3. The van der Waals surface area contributed by atoms with Gasteiger partial charge in [-0.2, -0.15) is 0 Å². The summed E-state index contributed by atoms with van der Waals surface area (Å²) in [6, 6.07) is 4.37. The zero-order chi connectivity index (χ0) is 13.1. The molecule has 2 rings (SSSR count). The van der Waals surface area contributed by atoms with E-state index in [1.165, 1.54) is 12.8 Å². The lowest BCUT2D eigenvalue weighted by atomic mass is 10.0. The summed E-state index contributed by atoms with van der Waals surface area (Å²) < 4.78 is 0. The average Bonchev–Trinajstić information content (AvgIpc) is 2.87. The van der Waals surface area contributed by atoms with E-state index in [-0.39, 0.29) is 5.84 Å². The minimum absolute atomic E-state index is 0.0695. The molecule has 1 saturated heterocycles. The van der Waals surface area contributed by atoms with Crippen molar-refractivity contribution in [3.63, 3.8) is 0 Å². The Morgan fingerprint density at radius 1 is 1.61 bits per heavy atom. The van der Waals surface area contributed by atoms with Crippen LogP contribution in [0, 0.1) is 5.92 Å². The normalized spacial score (nSPS) is 20.7. The molecule has 0 spiro atoms. The summed E-state index contributed by atoms with van der Waals surface area (Å²) in [4.78, 5) is 6.55. The third-order valence-electron chi connectivity index (χ3n) is 3.51. The number of oxime groups is 1. The maximum atomic E-state index is 8.83. The molecule has 1 aromatic heterocycles. The van der Waals surface area contributed by atoms with Crippen molar-refractivity contribution in [1.29, 1.82) is 0 Å². The Labute approximate surface area is 107 Å². The van der Waals surface area contributed by atoms with Crippen LogP contribution in [0.15, 0.2) is 23.5 Å². The zero-order valence-electron chi connectivity index (χ0n) is 10.9. The molecule has 3 N–H and O–H groups in total. The van der Waals surface area contributed by atoms with E-state index < -0.39 is 0 Å². The lowest BCUT2D eigenvalue weighted by Gasteiger charge is -2.30. The van der Waals surface area contributed by atoms with Crippen molar-refractivity contribution in [1.82, 2.24) is 4.98 Å². The number of pyridine rings is 1. The van der Waals surface area contributed by atoms with Crippen LogP contribution in [0.2, 0.25) is 0 Å². The highest BCUT2D eigenvalue weighted by molar-refractivity contribution is 6.00. The van der Waals surface area contributed by atoms with Gasteiger partial charge in [0.15, 0.2) is 5.84 Å². The predicted molar refractivity (Wildman–Crippen MR) is 72.0 cm³/mol. The van der Waals surface area contributed by atoms with Crippen molar-refractivity contribution >= 4 is 11.5 Å². The van der Waals surface area contributed by atoms with Crippen LogP contribution < -0.4 is 10.6 Å². The van der Waals surface area contributed by atoms with Gasteiger partial charge < -0.3 is 15.8 Å². The Kier molecular flexibility index (Phi) is 3.69. The number of hydrogen-bond donors (Lipinski definition) is 2. The molecule has 0 aliphatic carbocycles. The van der Waals surface area contributed by atoms with Crippen LogP contribution in [0.1, 0.15) is 32.4 Å². The maximum absolute atomic E-state index is 8.83. The average molecular weight is 248 g/mol. The topological polar surface area (TPSA) is 74.7 Å². The number of amidine groups is 1. The van der Waals surface area contributed by atoms with Crippen molar-refractivity contribution in [2.75, 3.05) is 11.4 Å². The van der Waals surface area contributed by atoms with Gasteiger partial charge in [-0.3, -0.25) is 4.98 Å². The van der Waals surface area contributed by atoms with Gasteiger partial charge in [0.1, 0.15) is 5.69 Å². The van der Waals surface area contributed by atoms with Gasteiger partial charge >= 0.3 is 0 Å². The highest BCUT2D eigenvalue weighted by Crippen LogP contribution is 2.31. The Balaban J connectivity index is 2.38. The summed E-state index contributed by atoms with van der Waals surface area (Å²) in [6.07, 6.45) is 4.02. The molecule has 1 aliphatic heterocycles. The first-order valence-corrected chi connectivity index (χ1v) is 6.34. The van der Waals surface area contributed by atoms with E-state index in [0.29, 0.717) is 17.7 Å². The summed E-state index contributed by atoms with van der Waals surface area (Å²) in [5.74, 6) is 0.646. The van der Waals surface area contributed by atoms with Crippen LogP contribution in [-0.2, 0) is 0 Å². The molecule has 1 unspecified atom stereocenters. The third kappa shape index (κ3) is 2.25. The Bertz CT molecular complexity index is 444. The van der Waals surface area contributed by atoms with E-state index in [1.807, 2.05) is 12.1 Å². The molecule has 1 aliphatic rings.